The van der Waals surface area contributed by atoms with Crippen LogP contribution in [0.3, 0.4) is 0 Å². The van der Waals surface area contributed by atoms with Crippen molar-refractivity contribution in [2.75, 3.05) is 5.32 Å². The summed E-state index contributed by atoms with van der Waals surface area (Å²) in [4.78, 5) is 40.8. The van der Waals surface area contributed by atoms with Crippen molar-refractivity contribution < 1.29 is 14.3 Å². The zero-order valence-electron chi connectivity index (χ0n) is 19.2. The maximum absolute atomic E-state index is 13.2. The lowest BCUT2D eigenvalue weighted by atomic mass is 10.1. The van der Waals surface area contributed by atoms with Gasteiger partial charge >= 0.3 is 11.7 Å². The average Bonchev–Trinajstić information content (AvgIpc) is 3.18. The van der Waals surface area contributed by atoms with Gasteiger partial charge in [0.2, 0.25) is 6.10 Å². The van der Waals surface area contributed by atoms with Crippen molar-refractivity contribution in [3.8, 4) is 5.69 Å². The number of imidazole rings is 1. The number of benzene rings is 3. The number of ether oxygens (including phenoxy) is 1. The summed E-state index contributed by atoms with van der Waals surface area (Å²) in [6, 6.07) is 21.1. The van der Waals surface area contributed by atoms with Crippen LogP contribution in [-0.2, 0) is 9.53 Å². The number of carbonyl (C=O) groups excluding carboxylic acids is 2. The van der Waals surface area contributed by atoms with Crippen LogP contribution in [0.25, 0.3) is 5.69 Å². The number of H-pyrrole nitrogens is 1. The van der Waals surface area contributed by atoms with E-state index in [4.69, 9.17) is 4.74 Å². The molecule has 0 aliphatic rings. The van der Waals surface area contributed by atoms with E-state index >= 15 is 0 Å². The van der Waals surface area contributed by atoms with E-state index in [1.807, 2.05) is 38.1 Å². The van der Waals surface area contributed by atoms with Gasteiger partial charge in [0, 0.05) is 23.1 Å². The normalized spacial score (nSPS) is 11.6. The molecule has 4 rings (SSSR count). The lowest BCUT2D eigenvalue weighted by molar-refractivity contribution is -0.125. The second kappa shape index (κ2) is 9.62. The van der Waals surface area contributed by atoms with E-state index in [-0.39, 0.29) is 11.3 Å². The minimum Gasteiger partial charge on any atom is -0.444 e. The van der Waals surface area contributed by atoms with Gasteiger partial charge in [0.15, 0.2) is 0 Å². The summed E-state index contributed by atoms with van der Waals surface area (Å²) >= 11 is 0. The zero-order chi connectivity index (χ0) is 24.2. The number of amides is 1. The Bertz CT molecular complexity index is 1390. The van der Waals surface area contributed by atoms with Crippen LogP contribution >= 0.6 is 0 Å². The molecule has 1 amide bonds. The van der Waals surface area contributed by atoms with E-state index in [2.05, 4.69) is 10.3 Å². The van der Waals surface area contributed by atoms with Gasteiger partial charge in [0.05, 0.1) is 11.3 Å². The summed E-state index contributed by atoms with van der Waals surface area (Å²) in [6.45, 7) is 5.65. The largest absolute Gasteiger partial charge is 0.444 e. The Morgan fingerprint density at radius 3 is 2.29 bits per heavy atom. The molecule has 3 aromatic carbocycles. The Labute approximate surface area is 197 Å². The highest BCUT2D eigenvalue weighted by Gasteiger charge is 2.26. The molecule has 0 fully saturated rings. The van der Waals surface area contributed by atoms with Crippen molar-refractivity contribution in [3.63, 3.8) is 0 Å². The Hall–Kier alpha value is -4.39. The molecule has 2 N–H and O–H groups in total. The van der Waals surface area contributed by atoms with Gasteiger partial charge in [-0.05, 0) is 62.2 Å². The van der Waals surface area contributed by atoms with E-state index in [9.17, 15) is 14.4 Å². The molecule has 0 aliphatic heterocycles. The SMILES string of the molecule is Cc1ccc(C)c(NC(=O)C(OC(=O)c2ccc(-n3c(C)c[nH]c3=O)cc2)c2ccccc2)c1. The number of nitrogens with one attached hydrogen (secondary N) is 2. The molecule has 1 heterocycles. The first kappa shape index (κ1) is 22.8. The van der Waals surface area contributed by atoms with Crippen molar-refractivity contribution in [2.45, 2.75) is 26.9 Å². The van der Waals surface area contributed by atoms with Crippen molar-refractivity contribution in [2.24, 2.45) is 0 Å². The lowest BCUT2D eigenvalue weighted by Gasteiger charge is -2.19. The van der Waals surface area contributed by atoms with Crippen LogP contribution < -0.4 is 11.0 Å². The van der Waals surface area contributed by atoms with E-state index in [1.54, 1.807) is 61.7 Å². The highest BCUT2D eigenvalue weighted by molar-refractivity contribution is 5.98. The van der Waals surface area contributed by atoms with Gasteiger partial charge < -0.3 is 15.0 Å². The highest BCUT2D eigenvalue weighted by Crippen LogP contribution is 2.24. The second-order valence-corrected chi connectivity index (χ2v) is 8.12. The predicted octanol–water partition coefficient (Wildman–Crippen LogP) is 4.63. The quantitative estimate of drug-likeness (QED) is 0.415. The molecule has 7 nitrogen and oxygen atoms in total. The lowest BCUT2D eigenvalue weighted by Crippen LogP contribution is -2.26. The Morgan fingerprint density at radius 1 is 0.941 bits per heavy atom. The fourth-order valence-electron chi connectivity index (χ4n) is 3.67. The maximum Gasteiger partial charge on any atom is 0.339 e. The van der Waals surface area contributed by atoms with Crippen LogP contribution in [0.5, 0.6) is 0 Å². The third-order valence-corrected chi connectivity index (χ3v) is 5.54. The van der Waals surface area contributed by atoms with Crippen molar-refractivity contribution in [1.29, 1.82) is 0 Å². The number of esters is 1. The minimum atomic E-state index is -1.14. The summed E-state index contributed by atoms with van der Waals surface area (Å²) in [5, 5.41) is 2.89. The van der Waals surface area contributed by atoms with Gasteiger partial charge in [-0.25, -0.2) is 9.59 Å². The average molecular weight is 456 g/mol. The van der Waals surface area contributed by atoms with Gasteiger partial charge in [0.1, 0.15) is 0 Å². The van der Waals surface area contributed by atoms with Crippen LogP contribution in [0.2, 0.25) is 0 Å². The number of aryl methyl sites for hydroxylation is 3. The van der Waals surface area contributed by atoms with Gasteiger partial charge in [-0.2, -0.15) is 0 Å². The first-order valence-corrected chi connectivity index (χ1v) is 10.8. The van der Waals surface area contributed by atoms with E-state index in [0.717, 1.165) is 16.8 Å². The molecular weight excluding hydrogens is 430 g/mol. The van der Waals surface area contributed by atoms with Crippen molar-refractivity contribution in [1.82, 2.24) is 9.55 Å². The Kier molecular flexibility index (Phi) is 6.45. The highest BCUT2D eigenvalue weighted by atomic mass is 16.5. The second-order valence-electron chi connectivity index (χ2n) is 8.12. The maximum atomic E-state index is 13.2. The molecule has 0 saturated heterocycles. The third-order valence-electron chi connectivity index (χ3n) is 5.54. The number of hydrogen-bond donors (Lipinski definition) is 2. The molecule has 1 unspecified atom stereocenters. The van der Waals surface area contributed by atoms with Crippen LogP contribution in [0.4, 0.5) is 5.69 Å². The first-order chi connectivity index (χ1) is 16.3. The summed E-state index contributed by atoms with van der Waals surface area (Å²) in [5.74, 6) is -1.09. The van der Waals surface area contributed by atoms with Crippen LogP contribution in [0.1, 0.15) is 38.8 Å². The summed E-state index contributed by atoms with van der Waals surface area (Å²) in [6.07, 6.45) is 0.478. The molecule has 1 aromatic heterocycles. The molecule has 7 heteroatoms. The first-order valence-electron chi connectivity index (χ1n) is 10.8. The number of aromatic amines is 1. The van der Waals surface area contributed by atoms with Gasteiger partial charge in [-0.15, -0.1) is 0 Å². The van der Waals surface area contributed by atoms with Gasteiger partial charge in [0.25, 0.3) is 5.91 Å². The van der Waals surface area contributed by atoms with E-state index in [1.165, 1.54) is 4.57 Å². The summed E-state index contributed by atoms with van der Waals surface area (Å²) in [5.41, 5.74) is 4.50. The van der Waals surface area contributed by atoms with Gasteiger partial charge in [-0.3, -0.25) is 9.36 Å². The van der Waals surface area contributed by atoms with Gasteiger partial charge in [-0.1, -0.05) is 42.5 Å². The monoisotopic (exact) mass is 455 g/mol. The molecule has 0 aliphatic carbocycles. The standard InChI is InChI=1S/C27H25N3O4/c1-17-9-10-18(2)23(15-17)29-25(31)24(20-7-5-4-6-8-20)34-26(32)21-11-13-22(14-12-21)30-19(3)16-28-27(30)33/h4-16,24H,1-3H3,(H,28,33)(H,29,31). The van der Waals surface area contributed by atoms with Crippen LogP contribution in [0.15, 0.2) is 83.8 Å². The van der Waals surface area contributed by atoms with E-state index in [0.29, 0.717) is 16.9 Å². The number of nitrogens with zero attached hydrogens (tertiary/aromatic N) is 1. The van der Waals surface area contributed by atoms with Crippen LogP contribution in [0, 0.1) is 20.8 Å². The van der Waals surface area contributed by atoms with Crippen LogP contribution in [-0.4, -0.2) is 21.4 Å². The Morgan fingerprint density at radius 2 is 1.65 bits per heavy atom. The summed E-state index contributed by atoms with van der Waals surface area (Å²) in [7, 11) is 0. The zero-order valence-corrected chi connectivity index (χ0v) is 19.2. The smallest absolute Gasteiger partial charge is 0.339 e. The molecule has 0 radical (unpaired) electrons. The Balaban J connectivity index is 1.58. The molecule has 4 aromatic rings. The topological polar surface area (TPSA) is 93.2 Å². The van der Waals surface area contributed by atoms with E-state index < -0.39 is 18.0 Å². The predicted molar refractivity (Wildman–Crippen MR) is 130 cm³/mol. The number of hydrogen-bond acceptors (Lipinski definition) is 4. The molecule has 0 saturated carbocycles. The molecule has 1 atom stereocenters. The fraction of sp³-hybridized carbons (Fsp3) is 0.148. The number of carbonyl (C=O) groups is 2. The molecular formula is C27H25N3O4. The fourth-order valence-corrected chi connectivity index (χ4v) is 3.67. The van der Waals surface area contributed by atoms with Crippen molar-refractivity contribution >= 4 is 17.6 Å². The van der Waals surface area contributed by atoms with Crippen molar-refractivity contribution in [3.05, 3.63) is 117 Å². The molecule has 0 bridgehead atoms. The molecule has 172 valence electrons. The number of anilines is 1. The number of aromatic nitrogens is 2. The molecule has 0 spiro atoms. The number of rotatable bonds is 6. The minimum absolute atomic E-state index is 0.264. The molecule has 34 heavy (non-hydrogen) atoms. The third kappa shape index (κ3) is 4.83. The summed E-state index contributed by atoms with van der Waals surface area (Å²) < 4.78 is 7.18.